The second-order valence-electron chi connectivity index (χ2n) is 30.2. The van der Waals surface area contributed by atoms with Crippen molar-refractivity contribution < 1.29 is 0 Å². The molecule has 0 unspecified atom stereocenters. The molecule has 3 heterocycles. The normalized spacial score (nSPS) is 11.6. The second kappa shape index (κ2) is 28.4. The minimum Gasteiger partial charge on any atom is -0.311 e. The SMILES string of the molecule is c1ccc(-c2c3ccccc3c(-c3ccc(-n4c5ccccc5c5cc(-c6ccc(N(c7ccccc7)c7ccccc7)cc6)ccc54)cc3)c3ccccc23)cc1.c1ccc(-c2c3ccccc3c(-c3ccc(-n4c5ccccc5c5cc(-c6ccc7c(c6)c6ccccc6n7-c6ccccc6)ccc54)cc3)c3ccccc23)cc1. The monoisotopic (exact) mass is 1470 g/mol. The molecule has 0 bridgehead atoms. The molecule has 0 saturated heterocycles. The number of aromatic nitrogens is 3. The molecule has 0 spiro atoms. The molecule has 116 heavy (non-hydrogen) atoms. The smallest absolute Gasteiger partial charge is 0.0541 e. The summed E-state index contributed by atoms with van der Waals surface area (Å²) in [4.78, 5) is 2.30. The summed E-state index contributed by atoms with van der Waals surface area (Å²) in [5.41, 5.74) is 28.9. The Morgan fingerprint density at radius 1 is 0.129 bits per heavy atom. The Morgan fingerprint density at radius 2 is 0.336 bits per heavy atom. The van der Waals surface area contributed by atoms with Crippen LogP contribution in [0.25, 0.3) is 192 Å². The van der Waals surface area contributed by atoms with Crippen molar-refractivity contribution in [1.82, 2.24) is 13.7 Å². The van der Waals surface area contributed by atoms with Gasteiger partial charge in [-0.15, -0.1) is 0 Å². The van der Waals surface area contributed by atoms with E-state index in [9.17, 15) is 0 Å². The molecule has 23 aromatic rings. The van der Waals surface area contributed by atoms with E-state index in [-0.39, 0.29) is 0 Å². The minimum absolute atomic E-state index is 1.12. The van der Waals surface area contributed by atoms with Gasteiger partial charge in [0.15, 0.2) is 0 Å². The van der Waals surface area contributed by atoms with Crippen molar-refractivity contribution in [2.45, 2.75) is 0 Å². The second-order valence-corrected chi connectivity index (χ2v) is 30.2. The van der Waals surface area contributed by atoms with Gasteiger partial charge in [0.1, 0.15) is 0 Å². The van der Waals surface area contributed by atoms with Gasteiger partial charge in [-0.25, -0.2) is 0 Å². The van der Waals surface area contributed by atoms with E-state index in [0.717, 1.165) is 28.4 Å². The van der Waals surface area contributed by atoms with Crippen LogP contribution in [0, 0.1) is 0 Å². The molecule has 0 N–H and O–H groups in total. The Balaban J connectivity index is 0.000000141. The van der Waals surface area contributed by atoms with E-state index in [1.165, 1.54) is 181 Å². The number of nitrogens with zero attached hydrogens (tertiary/aromatic N) is 4. The highest BCUT2D eigenvalue weighted by atomic mass is 15.1. The lowest BCUT2D eigenvalue weighted by atomic mass is 9.86. The highest BCUT2D eigenvalue weighted by molar-refractivity contribution is 6.23. The lowest BCUT2D eigenvalue weighted by Crippen LogP contribution is -2.09. The summed E-state index contributed by atoms with van der Waals surface area (Å²) >= 11 is 0. The van der Waals surface area contributed by atoms with E-state index in [0.29, 0.717) is 0 Å². The molecule has 0 radical (unpaired) electrons. The Labute approximate surface area is 672 Å². The number of anilines is 3. The molecule has 4 nitrogen and oxygen atoms in total. The molecule has 0 atom stereocenters. The topological polar surface area (TPSA) is 18.0 Å². The molecule has 0 fully saturated rings. The van der Waals surface area contributed by atoms with Crippen LogP contribution < -0.4 is 4.90 Å². The zero-order chi connectivity index (χ0) is 76.6. The number of rotatable bonds is 12. The van der Waals surface area contributed by atoms with Crippen LogP contribution in [0.1, 0.15) is 0 Å². The lowest BCUT2D eigenvalue weighted by Gasteiger charge is -2.25. The maximum atomic E-state index is 2.42. The molecule has 20 aromatic carbocycles. The number of para-hydroxylation sites is 6. The van der Waals surface area contributed by atoms with Crippen molar-refractivity contribution in [2.75, 3.05) is 4.90 Å². The maximum absolute atomic E-state index is 2.42. The van der Waals surface area contributed by atoms with E-state index in [1.54, 1.807) is 0 Å². The van der Waals surface area contributed by atoms with E-state index in [1.807, 2.05) is 0 Å². The van der Waals surface area contributed by atoms with Gasteiger partial charge in [0.25, 0.3) is 0 Å². The Morgan fingerprint density at radius 3 is 0.647 bits per heavy atom. The van der Waals surface area contributed by atoms with E-state index < -0.39 is 0 Å². The van der Waals surface area contributed by atoms with E-state index in [2.05, 4.69) is 468 Å². The molecule has 3 aromatic heterocycles. The van der Waals surface area contributed by atoms with Gasteiger partial charge in [-0.2, -0.15) is 0 Å². The molecular weight excluding hydrogens is 1400 g/mol. The van der Waals surface area contributed by atoms with Gasteiger partial charge in [0.2, 0.25) is 0 Å². The average Bonchev–Trinajstić information content (AvgIpc) is 1.36. The van der Waals surface area contributed by atoms with Gasteiger partial charge in [-0.05, 0) is 237 Å². The van der Waals surface area contributed by atoms with Crippen molar-refractivity contribution >= 4 is 126 Å². The first-order chi connectivity index (χ1) is 57.6. The Kier molecular flexibility index (Phi) is 16.6. The summed E-state index contributed by atoms with van der Waals surface area (Å²) in [7, 11) is 0. The third-order valence-electron chi connectivity index (χ3n) is 23.7. The predicted molar refractivity (Wildman–Crippen MR) is 493 cm³/mol. The van der Waals surface area contributed by atoms with Crippen molar-refractivity contribution in [3.63, 3.8) is 0 Å². The van der Waals surface area contributed by atoms with Crippen LogP contribution >= 0.6 is 0 Å². The molecule has 0 amide bonds. The highest BCUT2D eigenvalue weighted by Gasteiger charge is 2.23. The molecular formula is C112H74N4. The Bertz CT molecular complexity index is 7540. The van der Waals surface area contributed by atoms with Crippen molar-refractivity contribution in [1.29, 1.82) is 0 Å². The van der Waals surface area contributed by atoms with Gasteiger partial charge >= 0.3 is 0 Å². The minimum atomic E-state index is 1.12. The lowest BCUT2D eigenvalue weighted by molar-refractivity contribution is 1.18. The quantitative estimate of drug-likeness (QED) is 0.112. The zero-order valence-corrected chi connectivity index (χ0v) is 63.5. The summed E-state index contributed by atoms with van der Waals surface area (Å²) in [6.45, 7) is 0. The predicted octanol–water partition coefficient (Wildman–Crippen LogP) is 30.7. The Hall–Kier alpha value is -15.4. The number of benzene rings is 20. The molecule has 542 valence electrons. The van der Waals surface area contributed by atoms with Crippen LogP contribution in [0.4, 0.5) is 17.1 Å². The van der Waals surface area contributed by atoms with Crippen molar-refractivity contribution in [2.24, 2.45) is 0 Å². The van der Waals surface area contributed by atoms with Crippen molar-refractivity contribution in [3.05, 3.63) is 449 Å². The molecule has 4 heteroatoms. The highest BCUT2D eigenvalue weighted by Crippen LogP contribution is 2.48. The summed E-state index contributed by atoms with van der Waals surface area (Å²) in [5, 5.41) is 17.6. The van der Waals surface area contributed by atoms with Crippen LogP contribution in [0.3, 0.4) is 0 Å². The maximum Gasteiger partial charge on any atom is 0.0541 e. The summed E-state index contributed by atoms with van der Waals surface area (Å²) in [6.07, 6.45) is 0. The first kappa shape index (κ1) is 67.5. The van der Waals surface area contributed by atoms with E-state index in [4.69, 9.17) is 0 Å². The third kappa shape index (κ3) is 11.4. The average molecular weight is 1480 g/mol. The van der Waals surface area contributed by atoms with Gasteiger partial charge in [-0.3, -0.25) is 0 Å². The molecule has 0 aliphatic heterocycles. The fourth-order valence-corrected chi connectivity index (χ4v) is 18.5. The number of hydrogen-bond acceptors (Lipinski definition) is 1. The van der Waals surface area contributed by atoms with Gasteiger partial charge < -0.3 is 18.6 Å². The molecule has 23 rings (SSSR count). The van der Waals surface area contributed by atoms with Crippen LogP contribution in [-0.4, -0.2) is 13.7 Å². The third-order valence-corrected chi connectivity index (χ3v) is 23.7. The van der Waals surface area contributed by atoms with Crippen LogP contribution in [-0.2, 0) is 0 Å². The fourth-order valence-electron chi connectivity index (χ4n) is 18.5. The van der Waals surface area contributed by atoms with Crippen LogP contribution in [0.15, 0.2) is 449 Å². The number of hydrogen-bond donors (Lipinski definition) is 0. The molecule has 0 saturated carbocycles. The first-order valence-corrected chi connectivity index (χ1v) is 40.0. The largest absolute Gasteiger partial charge is 0.311 e. The first-order valence-electron chi connectivity index (χ1n) is 40.0. The fraction of sp³-hybridized carbons (Fsp3) is 0. The summed E-state index contributed by atoms with van der Waals surface area (Å²) < 4.78 is 7.21. The van der Waals surface area contributed by atoms with Crippen LogP contribution in [0.2, 0.25) is 0 Å². The van der Waals surface area contributed by atoms with Gasteiger partial charge in [0, 0.05) is 66.4 Å². The van der Waals surface area contributed by atoms with Gasteiger partial charge in [-0.1, -0.05) is 322 Å². The molecule has 0 aliphatic rings. The number of fused-ring (bicyclic) bond motifs is 13. The van der Waals surface area contributed by atoms with Crippen molar-refractivity contribution in [3.8, 4) is 83.8 Å². The van der Waals surface area contributed by atoms with Crippen LogP contribution in [0.5, 0.6) is 0 Å². The van der Waals surface area contributed by atoms with Gasteiger partial charge in [0.05, 0.1) is 33.1 Å². The standard InChI is InChI=1S/C56H36N2.C56H38N2/c1-3-15-37(16-4-1)55-45-21-7-9-23-47(45)56(48-24-10-8-22-46(48)55)38-27-31-42(32-28-38)58-52-26-14-12-20-44(52)50-36-40(30-34-54(50)58)39-29-33-53-49(35-39)43-19-11-13-25-51(43)57(53)41-17-5-2-6-18-41;1-4-16-40(17-5-1)55-48-23-10-12-25-50(48)56(51-26-13-11-24-49(51)55)41-30-35-46(36-31-41)58-53-27-15-14-22-47(53)52-38-42(32-37-54(52)58)39-28-33-45(34-29-39)57(43-18-6-2-7-19-43)44-20-8-3-9-21-44/h1-36H;1-38H. The summed E-state index contributed by atoms with van der Waals surface area (Å²) in [6, 6.07) is 163. The summed E-state index contributed by atoms with van der Waals surface area (Å²) in [5.74, 6) is 0. The van der Waals surface area contributed by atoms with E-state index >= 15 is 0 Å². The zero-order valence-electron chi connectivity index (χ0n) is 63.5. The molecule has 0 aliphatic carbocycles.